The Kier molecular flexibility index (Phi) is 7.69. The molecule has 0 amide bonds. The Hall–Kier alpha value is -2.35. The van der Waals surface area contributed by atoms with E-state index in [0.717, 1.165) is 42.8 Å². The molecule has 1 unspecified atom stereocenters. The zero-order valence-electron chi connectivity index (χ0n) is 17.8. The van der Waals surface area contributed by atoms with Gasteiger partial charge in [-0.25, -0.2) is 0 Å². The molecule has 4 heteroatoms. The average molecular weight is 392 g/mol. The van der Waals surface area contributed by atoms with Crippen molar-refractivity contribution < 1.29 is 4.74 Å². The first-order chi connectivity index (χ1) is 14.1. The number of rotatable bonds is 8. The summed E-state index contributed by atoms with van der Waals surface area (Å²) in [7, 11) is 0. The van der Waals surface area contributed by atoms with Gasteiger partial charge in [-0.1, -0.05) is 43.3 Å². The molecule has 2 N–H and O–H groups in total. The molecule has 2 aromatic rings. The van der Waals surface area contributed by atoms with E-state index < -0.39 is 0 Å². The monoisotopic (exact) mass is 391 g/mol. The first-order valence-corrected chi connectivity index (χ1v) is 10.8. The highest BCUT2D eigenvalue weighted by molar-refractivity contribution is 5.40. The van der Waals surface area contributed by atoms with Crippen molar-refractivity contribution in [1.29, 1.82) is 5.26 Å². The lowest BCUT2D eigenvalue weighted by atomic mass is 9.91. The van der Waals surface area contributed by atoms with Gasteiger partial charge in [0.1, 0.15) is 5.75 Å². The second kappa shape index (κ2) is 10.4. The molecular weight excluding hydrogens is 358 g/mol. The Morgan fingerprint density at radius 3 is 2.69 bits per heavy atom. The molecule has 0 saturated carbocycles. The summed E-state index contributed by atoms with van der Waals surface area (Å²) in [5.41, 5.74) is 3.53. The number of nitrogens with zero attached hydrogens (tertiary/aromatic N) is 1. The molecule has 3 atom stereocenters. The number of benzene rings is 2. The first kappa shape index (κ1) is 21.4. The van der Waals surface area contributed by atoms with E-state index in [1.165, 1.54) is 12.0 Å². The molecule has 29 heavy (non-hydrogen) atoms. The number of piperidine rings is 1. The molecule has 0 aromatic heterocycles. The number of nitrogens with one attached hydrogen (secondary N) is 2. The predicted molar refractivity (Wildman–Crippen MR) is 118 cm³/mol. The van der Waals surface area contributed by atoms with Crippen molar-refractivity contribution in [3.8, 4) is 11.8 Å². The first-order valence-electron chi connectivity index (χ1n) is 10.8. The quantitative estimate of drug-likeness (QED) is 0.659. The zero-order valence-corrected chi connectivity index (χ0v) is 17.8. The van der Waals surface area contributed by atoms with Crippen LogP contribution in [-0.4, -0.2) is 18.7 Å². The fourth-order valence-electron chi connectivity index (χ4n) is 4.08. The summed E-state index contributed by atoms with van der Waals surface area (Å²) >= 11 is 0. The van der Waals surface area contributed by atoms with Crippen LogP contribution in [0.4, 0.5) is 0 Å². The number of hydrogen-bond acceptors (Lipinski definition) is 4. The van der Waals surface area contributed by atoms with E-state index in [2.05, 4.69) is 60.0 Å². The van der Waals surface area contributed by atoms with Gasteiger partial charge in [0, 0.05) is 24.2 Å². The minimum atomic E-state index is -0.0738. The van der Waals surface area contributed by atoms with Crippen LogP contribution in [0.5, 0.6) is 5.75 Å². The summed E-state index contributed by atoms with van der Waals surface area (Å²) in [6.45, 7) is 7.93. The molecule has 154 valence electrons. The number of ether oxygens (including phenoxy) is 1. The molecule has 0 bridgehead atoms. The van der Waals surface area contributed by atoms with Gasteiger partial charge >= 0.3 is 0 Å². The van der Waals surface area contributed by atoms with Crippen LogP contribution in [-0.2, 0) is 6.54 Å². The van der Waals surface area contributed by atoms with Crippen LogP contribution >= 0.6 is 0 Å². The fraction of sp³-hybridized carbons (Fsp3) is 0.480. The van der Waals surface area contributed by atoms with Crippen LogP contribution in [0.2, 0.25) is 0 Å². The summed E-state index contributed by atoms with van der Waals surface area (Å²) in [6.07, 6.45) is 3.24. The van der Waals surface area contributed by atoms with Crippen LogP contribution < -0.4 is 15.4 Å². The summed E-state index contributed by atoms with van der Waals surface area (Å²) < 4.78 is 6.06. The highest BCUT2D eigenvalue weighted by Crippen LogP contribution is 2.28. The van der Waals surface area contributed by atoms with Crippen molar-refractivity contribution in [1.82, 2.24) is 10.6 Å². The Morgan fingerprint density at radius 2 is 2.00 bits per heavy atom. The van der Waals surface area contributed by atoms with E-state index in [1.807, 2.05) is 26.0 Å². The molecule has 1 fully saturated rings. The van der Waals surface area contributed by atoms with E-state index in [9.17, 15) is 5.26 Å². The van der Waals surface area contributed by atoms with Crippen molar-refractivity contribution in [2.75, 3.05) is 6.54 Å². The molecule has 1 saturated heterocycles. The lowest BCUT2D eigenvalue weighted by Gasteiger charge is -2.34. The van der Waals surface area contributed by atoms with Crippen LogP contribution in [0.25, 0.3) is 0 Å². The second-order valence-electron chi connectivity index (χ2n) is 8.10. The summed E-state index contributed by atoms with van der Waals surface area (Å²) in [5, 5.41) is 16.9. The molecule has 0 aliphatic carbocycles. The highest BCUT2D eigenvalue weighted by Gasteiger charge is 2.26. The van der Waals surface area contributed by atoms with E-state index in [1.54, 1.807) is 0 Å². The van der Waals surface area contributed by atoms with E-state index in [4.69, 9.17) is 4.74 Å². The van der Waals surface area contributed by atoms with Crippen molar-refractivity contribution >= 4 is 0 Å². The van der Waals surface area contributed by atoms with Gasteiger partial charge in [0.05, 0.1) is 18.1 Å². The Morgan fingerprint density at radius 1 is 1.21 bits per heavy atom. The van der Waals surface area contributed by atoms with Gasteiger partial charge in [0.2, 0.25) is 0 Å². The normalized spacial score (nSPS) is 20.2. The number of nitriles is 1. The molecule has 3 rings (SSSR count). The molecule has 2 aromatic carbocycles. The summed E-state index contributed by atoms with van der Waals surface area (Å²) in [4.78, 5) is 0. The van der Waals surface area contributed by atoms with Crippen molar-refractivity contribution in [3.05, 3.63) is 65.2 Å². The van der Waals surface area contributed by atoms with Crippen molar-refractivity contribution in [2.24, 2.45) is 0 Å². The Bertz CT molecular complexity index is 813. The minimum Gasteiger partial charge on any atom is -0.491 e. The molecular formula is C25H33N3O. The molecule has 1 heterocycles. The van der Waals surface area contributed by atoms with Gasteiger partial charge < -0.3 is 15.4 Å². The van der Waals surface area contributed by atoms with Crippen LogP contribution in [0, 0.1) is 11.3 Å². The molecule has 4 nitrogen and oxygen atoms in total. The SMILES string of the molecule is CCC(C#N)c1ccc(OC(C)C)c(CN[C@H]2CCCN[C@H]2c2ccccc2)c1. The third-order valence-corrected chi connectivity index (χ3v) is 5.59. The topological polar surface area (TPSA) is 57.1 Å². The van der Waals surface area contributed by atoms with E-state index in [-0.39, 0.29) is 12.0 Å². The lowest BCUT2D eigenvalue weighted by molar-refractivity contribution is 0.237. The average Bonchev–Trinajstić information content (AvgIpc) is 2.75. The van der Waals surface area contributed by atoms with Gasteiger partial charge in [-0.05, 0) is 62.9 Å². The Labute approximate surface area is 175 Å². The van der Waals surface area contributed by atoms with E-state index in [0.29, 0.717) is 12.1 Å². The van der Waals surface area contributed by atoms with Crippen LogP contribution in [0.3, 0.4) is 0 Å². The number of hydrogen-bond donors (Lipinski definition) is 2. The molecule has 1 aliphatic rings. The maximum absolute atomic E-state index is 9.47. The smallest absolute Gasteiger partial charge is 0.124 e. The third-order valence-electron chi connectivity index (χ3n) is 5.59. The molecule has 1 aliphatic heterocycles. The van der Waals surface area contributed by atoms with E-state index >= 15 is 0 Å². The standard InChI is InChI=1S/C25H33N3O/c1-4-19(16-26)21-12-13-24(29-18(2)3)22(15-21)17-28-23-11-8-14-27-25(23)20-9-6-5-7-10-20/h5-7,9-10,12-13,15,18-19,23,25,27-28H,4,8,11,14,17H2,1-3H3/t19?,23-,25-/m0/s1. The minimum absolute atomic E-state index is 0.0738. The summed E-state index contributed by atoms with van der Waals surface area (Å²) in [6, 6.07) is 20.0. The Balaban J connectivity index is 1.79. The summed E-state index contributed by atoms with van der Waals surface area (Å²) in [5.74, 6) is 0.833. The maximum atomic E-state index is 9.47. The third kappa shape index (κ3) is 5.59. The largest absolute Gasteiger partial charge is 0.491 e. The second-order valence-corrected chi connectivity index (χ2v) is 8.10. The predicted octanol–water partition coefficient (Wildman–Crippen LogP) is 5.07. The van der Waals surface area contributed by atoms with Crippen LogP contribution in [0.15, 0.2) is 48.5 Å². The van der Waals surface area contributed by atoms with Gasteiger partial charge in [-0.2, -0.15) is 5.26 Å². The van der Waals surface area contributed by atoms with Crippen molar-refractivity contribution in [3.63, 3.8) is 0 Å². The lowest BCUT2D eigenvalue weighted by Crippen LogP contribution is -2.45. The van der Waals surface area contributed by atoms with Gasteiger partial charge in [0.15, 0.2) is 0 Å². The van der Waals surface area contributed by atoms with Gasteiger partial charge in [0.25, 0.3) is 0 Å². The highest BCUT2D eigenvalue weighted by atomic mass is 16.5. The molecule has 0 radical (unpaired) electrons. The van der Waals surface area contributed by atoms with Crippen LogP contribution in [0.1, 0.15) is 68.7 Å². The van der Waals surface area contributed by atoms with Gasteiger partial charge in [-0.3, -0.25) is 0 Å². The van der Waals surface area contributed by atoms with Gasteiger partial charge in [-0.15, -0.1) is 0 Å². The maximum Gasteiger partial charge on any atom is 0.124 e. The fourth-order valence-corrected chi connectivity index (χ4v) is 4.08. The molecule has 0 spiro atoms. The van der Waals surface area contributed by atoms with Crippen molar-refractivity contribution in [2.45, 2.75) is 70.7 Å². The zero-order chi connectivity index (χ0) is 20.6.